The first-order chi connectivity index (χ1) is 9.99. The lowest BCUT2D eigenvalue weighted by Crippen LogP contribution is -2.06. The number of halogens is 3. The maximum Gasteiger partial charge on any atom is 0.418 e. The number of nitrogens with zero attached hydrogens (tertiary/aromatic N) is 3. The van der Waals surface area contributed by atoms with Crippen molar-refractivity contribution >= 4 is 10.8 Å². The normalized spacial score (nSPS) is 12.0. The zero-order valence-electron chi connectivity index (χ0n) is 10.6. The monoisotopic (exact) mass is 294 g/mol. The molecule has 0 aliphatic rings. The van der Waals surface area contributed by atoms with Crippen molar-refractivity contribution in [3.05, 3.63) is 42.0 Å². The first-order valence-electron chi connectivity index (χ1n) is 5.97. The molecule has 0 fully saturated rings. The number of aromatic nitrogens is 3. The van der Waals surface area contributed by atoms with Crippen molar-refractivity contribution in [1.29, 1.82) is 0 Å². The van der Waals surface area contributed by atoms with Gasteiger partial charge in [0.15, 0.2) is 0 Å². The quantitative estimate of drug-likeness (QED) is 0.786. The van der Waals surface area contributed by atoms with Crippen molar-refractivity contribution in [1.82, 2.24) is 15.1 Å². The minimum absolute atomic E-state index is 0.0730. The molecule has 0 bridgehead atoms. The number of hydrogen-bond donors (Lipinski definition) is 1. The molecular formula is C13H9F3N4O. The van der Waals surface area contributed by atoms with E-state index in [4.69, 9.17) is 10.3 Å². The molecule has 0 aliphatic carbocycles. The summed E-state index contributed by atoms with van der Waals surface area (Å²) < 4.78 is 43.6. The number of nitrogens with two attached hydrogens (primary N) is 1. The summed E-state index contributed by atoms with van der Waals surface area (Å²) >= 11 is 0. The van der Waals surface area contributed by atoms with E-state index in [0.717, 1.165) is 6.20 Å². The lowest BCUT2D eigenvalue weighted by atomic mass is 10.0. The molecule has 5 nitrogen and oxygen atoms in total. The van der Waals surface area contributed by atoms with Gasteiger partial charge in [0.25, 0.3) is 0 Å². The molecular weight excluding hydrogens is 285 g/mol. The second-order valence-corrected chi connectivity index (χ2v) is 4.34. The third kappa shape index (κ3) is 2.45. The van der Waals surface area contributed by atoms with Crippen LogP contribution >= 0.6 is 0 Å². The summed E-state index contributed by atoms with van der Waals surface area (Å²) in [5, 5.41) is 4.15. The molecule has 21 heavy (non-hydrogen) atoms. The Kier molecular flexibility index (Phi) is 3.09. The standard InChI is InChI=1S/C13H9F3N4O/c14-13(15,16)10-6-18-5-8-3-7(1-2-9(8)10)12-19-11(4-17)21-20-12/h1-3,5-6H,4,17H2. The Labute approximate surface area is 116 Å². The molecule has 0 amide bonds. The van der Waals surface area contributed by atoms with Crippen LogP contribution in [0.3, 0.4) is 0 Å². The zero-order chi connectivity index (χ0) is 15.0. The average Bonchev–Trinajstić information content (AvgIpc) is 2.94. The molecule has 0 spiro atoms. The van der Waals surface area contributed by atoms with E-state index in [1.54, 1.807) is 0 Å². The minimum atomic E-state index is -4.45. The van der Waals surface area contributed by atoms with Gasteiger partial charge in [0.1, 0.15) is 0 Å². The first-order valence-corrected chi connectivity index (χ1v) is 5.97. The number of alkyl halides is 3. The molecule has 0 saturated carbocycles. The van der Waals surface area contributed by atoms with Gasteiger partial charge >= 0.3 is 6.18 Å². The minimum Gasteiger partial charge on any atom is -0.338 e. The third-order valence-corrected chi connectivity index (χ3v) is 2.97. The summed E-state index contributed by atoms with van der Waals surface area (Å²) in [4.78, 5) is 7.66. The highest BCUT2D eigenvalue weighted by molar-refractivity contribution is 5.88. The molecule has 0 unspecified atom stereocenters. The highest BCUT2D eigenvalue weighted by Crippen LogP contribution is 2.35. The third-order valence-electron chi connectivity index (χ3n) is 2.97. The smallest absolute Gasteiger partial charge is 0.338 e. The maximum atomic E-state index is 12.9. The first kappa shape index (κ1) is 13.5. The van der Waals surface area contributed by atoms with Crippen molar-refractivity contribution in [3.63, 3.8) is 0 Å². The number of benzene rings is 1. The van der Waals surface area contributed by atoms with Crippen molar-refractivity contribution in [2.24, 2.45) is 5.73 Å². The lowest BCUT2D eigenvalue weighted by molar-refractivity contribution is -0.136. The number of pyridine rings is 1. The predicted octanol–water partition coefficient (Wildman–Crippen LogP) is 2.76. The highest BCUT2D eigenvalue weighted by atomic mass is 19.4. The van der Waals surface area contributed by atoms with Gasteiger partial charge in [0, 0.05) is 23.3 Å². The van der Waals surface area contributed by atoms with Crippen molar-refractivity contribution in [3.8, 4) is 11.4 Å². The Morgan fingerprint density at radius 3 is 2.67 bits per heavy atom. The summed E-state index contributed by atoms with van der Waals surface area (Å²) in [7, 11) is 0. The molecule has 1 aromatic carbocycles. The average molecular weight is 294 g/mol. The Bertz CT molecular complexity index is 797. The van der Waals surface area contributed by atoms with Crippen LogP contribution in [0.15, 0.2) is 35.1 Å². The van der Waals surface area contributed by atoms with E-state index >= 15 is 0 Å². The lowest BCUT2D eigenvalue weighted by Gasteiger charge is -2.09. The van der Waals surface area contributed by atoms with Crippen LogP contribution in [0.5, 0.6) is 0 Å². The van der Waals surface area contributed by atoms with Crippen LogP contribution in [0.2, 0.25) is 0 Å². The van der Waals surface area contributed by atoms with Crippen molar-refractivity contribution in [2.45, 2.75) is 12.7 Å². The predicted molar refractivity (Wildman–Crippen MR) is 67.9 cm³/mol. The molecule has 2 heterocycles. The summed E-state index contributed by atoms with van der Waals surface area (Å²) in [6, 6.07) is 4.40. The molecule has 108 valence electrons. The summed E-state index contributed by atoms with van der Waals surface area (Å²) in [5.41, 5.74) is 5.13. The van der Waals surface area contributed by atoms with E-state index in [9.17, 15) is 13.2 Å². The fraction of sp³-hybridized carbons (Fsp3) is 0.154. The molecule has 2 N–H and O–H groups in total. The second kappa shape index (κ2) is 4.81. The fourth-order valence-corrected chi connectivity index (χ4v) is 2.00. The fourth-order valence-electron chi connectivity index (χ4n) is 2.00. The van der Waals surface area contributed by atoms with Gasteiger partial charge in [-0.05, 0) is 11.5 Å². The maximum absolute atomic E-state index is 12.9. The van der Waals surface area contributed by atoms with Crippen LogP contribution in [0, 0.1) is 0 Å². The molecule has 2 aromatic heterocycles. The van der Waals surface area contributed by atoms with Crippen molar-refractivity contribution < 1.29 is 17.7 Å². The van der Waals surface area contributed by atoms with Gasteiger partial charge in [-0.3, -0.25) is 4.98 Å². The molecule has 8 heteroatoms. The van der Waals surface area contributed by atoms with Crippen LogP contribution in [0.4, 0.5) is 13.2 Å². The number of rotatable bonds is 2. The molecule has 0 radical (unpaired) electrons. The highest BCUT2D eigenvalue weighted by Gasteiger charge is 2.32. The Morgan fingerprint density at radius 2 is 2.00 bits per heavy atom. The Balaban J connectivity index is 2.13. The zero-order valence-corrected chi connectivity index (χ0v) is 10.6. The molecule has 3 rings (SSSR count). The van der Waals surface area contributed by atoms with Gasteiger partial charge in [0.2, 0.25) is 11.7 Å². The molecule has 0 atom stereocenters. The summed E-state index contributed by atoms with van der Waals surface area (Å²) in [6.45, 7) is 0.0976. The Morgan fingerprint density at radius 1 is 1.19 bits per heavy atom. The van der Waals surface area contributed by atoms with Crippen LogP contribution in [0.25, 0.3) is 22.2 Å². The van der Waals surface area contributed by atoms with E-state index in [1.807, 2.05) is 0 Å². The second-order valence-electron chi connectivity index (χ2n) is 4.34. The van der Waals surface area contributed by atoms with E-state index in [2.05, 4.69) is 15.1 Å². The van der Waals surface area contributed by atoms with Gasteiger partial charge < -0.3 is 10.3 Å². The number of hydrogen-bond acceptors (Lipinski definition) is 5. The topological polar surface area (TPSA) is 77.8 Å². The SMILES string of the molecule is NCc1nc(-c2ccc3c(C(F)(F)F)cncc3c2)no1. The summed E-state index contributed by atoms with van der Waals surface area (Å²) in [5.74, 6) is 0.530. The Hall–Kier alpha value is -2.48. The number of fused-ring (bicyclic) bond motifs is 1. The van der Waals surface area contributed by atoms with Crippen LogP contribution in [-0.4, -0.2) is 15.1 Å². The molecule has 0 saturated heterocycles. The van der Waals surface area contributed by atoms with E-state index < -0.39 is 11.7 Å². The van der Waals surface area contributed by atoms with Crippen LogP contribution in [0.1, 0.15) is 11.5 Å². The van der Waals surface area contributed by atoms with E-state index in [1.165, 1.54) is 24.4 Å². The van der Waals surface area contributed by atoms with Gasteiger partial charge in [-0.2, -0.15) is 18.2 Å². The van der Waals surface area contributed by atoms with Gasteiger partial charge in [0.05, 0.1) is 12.1 Å². The van der Waals surface area contributed by atoms with Gasteiger partial charge in [-0.25, -0.2) is 0 Å². The van der Waals surface area contributed by atoms with E-state index in [-0.39, 0.29) is 23.6 Å². The molecule has 3 aromatic rings. The van der Waals surface area contributed by atoms with Crippen LogP contribution < -0.4 is 5.73 Å². The van der Waals surface area contributed by atoms with Crippen LogP contribution in [-0.2, 0) is 12.7 Å². The molecule has 0 aliphatic heterocycles. The summed E-state index contributed by atoms with van der Waals surface area (Å²) in [6.07, 6.45) is -2.28. The van der Waals surface area contributed by atoms with E-state index in [0.29, 0.717) is 10.9 Å². The van der Waals surface area contributed by atoms with Crippen molar-refractivity contribution in [2.75, 3.05) is 0 Å². The van der Waals surface area contributed by atoms with Gasteiger partial charge in [-0.1, -0.05) is 17.3 Å². The van der Waals surface area contributed by atoms with Gasteiger partial charge in [-0.15, -0.1) is 0 Å². The largest absolute Gasteiger partial charge is 0.418 e.